The Morgan fingerprint density at radius 1 is 1.00 bits per heavy atom. The molecule has 3 heteroatoms. The number of aliphatic carboxylic acids is 1. The zero-order valence-corrected chi connectivity index (χ0v) is 12.7. The topological polar surface area (TPSA) is 63.3 Å². The highest BCUT2D eigenvalue weighted by Gasteiger charge is 1.95. The molecule has 0 bridgehead atoms. The van der Waals surface area contributed by atoms with Gasteiger partial charge in [-0.25, -0.2) is 0 Å². The lowest BCUT2D eigenvalue weighted by Gasteiger charge is -1.98. The molecule has 0 fully saturated rings. The monoisotopic (exact) mass is 279 g/mol. The third-order valence-electron chi connectivity index (χ3n) is 3.07. The summed E-state index contributed by atoms with van der Waals surface area (Å²) < 4.78 is 0. The van der Waals surface area contributed by atoms with E-state index in [9.17, 15) is 4.79 Å². The van der Waals surface area contributed by atoms with Crippen molar-refractivity contribution in [2.45, 2.75) is 64.8 Å². The fourth-order valence-electron chi connectivity index (χ4n) is 1.85. The molecule has 1 rings (SSSR count). The van der Waals surface area contributed by atoms with E-state index in [0.29, 0.717) is 13.0 Å². The summed E-state index contributed by atoms with van der Waals surface area (Å²) >= 11 is 0. The number of rotatable bonds is 9. The number of nitrogens with two attached hydrogens (primary N) is 1. The Bertz CT molecular complexity index is 325. The fraction of sp³-hybridized carbons (Fsp3) is 0.588. The number of carboxylic acids is 1. The predicted molar refractivity (Wildman–Crippen MR) is 84.6 cm³/mol. The molecule has 0 amide bonds. The van der Waals surface area contributed by atoms with Gasteiger partial charge in [0.1, 0.15) is 0 Å². The molecular formula is C17H29NO2. The Kier molecular flexibility index (Phi) is 13.1. The van der Waals surface area contributed by atoms with Crippen molar-refractivity contribution in [2.75, 3.05) is 0 Å². The molecule has 3 N–H and O–H groups in total. The first-order valence-electron chi connectivity index (χ1n) is 7.66. The Hall–Kier alpha value is -1.35. The van der Waals surface area contributed by atoms with Gasteiger partial charge in [-0.3, -0.25) is 4.79 Å². The van der Waals surface area contributed by atoms with Gasteiger partial charge in [-0.1, -0.05) is 75.8 Å². The molecule has 0 aromatic heterocycles. The van der Waals surface area contributed by atoms with E-state index in [-0.39, 0.29) is 0 Å². The van der Waals surface area contributed by atoms with Crippen LogP contribution in [0.2, 0.25) is 0 Å². The first kappa shape index (κ1) is 18.7. The number of hydrogen-bond acceptors (Lipinski definition) is 2. The van der Waals surface area contributed by atoms with Crippen LogP contribution in [0.15, 0.2) is 30.3 Å². The molecule has 0 unspecified atom stereocenters. The average Bonchev–Trinajstić information content (AvgIpc) is 2.47. The molecule has 0 atom stereocenters. The predicted octanol–water partition coefficient (Wildman–Crippen LogP) is 4.36. The van der Waals surface area contributed by atoms with Crippen molar-refractivity contribution in [3.8, 4) is 0 Å². The molecule has 114 valence electrons. The van der Waals surface area contributed by atoms with Gasteiger partial charge in [0.2, 0.25) is 0 Å². The second kappa shape index (κ2) is 14.1. The van der Waals surface area contributed by atoms with Gasteiger partial charge >= 0.3 is 5.97 Å². The molecular weight excluding hydrogens is 250 g/mol. The molecule has 0 saturated carbocycles. The number of hydrogen-bond donors (Lipinski definition) is 2. The lowest BCUT2D eigenvalue weighted by molar-refractivity contribution is -0.137. The Balaban J connectivity index is 0.000000388. The minimum Gasteiger partial charge on any atom is -0.481 e. The molecule has 0 saturated heterocycles. The summed E-state index contributed by atoms with van der Waals surface area (Å²) in [5.74, 6) is -0.663. The smallest absolute Gasteiger partial charge is 0.303 e. The molecule has 1 aromatic rings. The van der Waals surface area contributed by atoms with Crippen molar-refractivity contribution in [3.63, 3.8) is 0 Å². The average molecular weight is 279 g/mol. The minimum absolute atomic E-state index is 0.341. The zero-order valence-electron chi connectivity index (χ0n) is 12.7. The Labute approximate surface area is 123 Å². The maximum Gasteiger partial charge on any atom is 0.303 e. The molecule has 3 nitrogen and oxygen atoms in total. The van der Waals surface area contributed by atoms with Crippen molar-refractivity contribution in [3.05, 3.63) is 35.9 Å². The number of carboxylic acid groups (broad SMARTS) is 1. The van der Waals surface area contributed by atoms with E-state index in [1.807, 2.05) is 30.3 Å². The van der Waals surface area contributed by atoms with E-state index < -0.39 is 5.97 Å². The number of benzene rings is 1. The van der Waals surface area contributed by atoms with Crippen molar-refractivity contribution >= 4 is 5.97 Å². The largest absolute Gasteiger partial charge is 0.481 e. The van der Waals surface area contributed by atoms with Gasteiger partial charge in [0.25, 0.3) is 0 Å². The van der Waals surface area contributed by atoms with Gasteiger partial charge in [0, 0.05) is 13.0 Å². The maximum absolute atomic E-state index is 10.1. The van der Waals surface area contributed by atoms with Crippen LogP contribution in [0, 0.1) is 0 Å². The first-order valence-corrected chi connectivity index (χ1v) is 7.66. The number of carbonyl (C=O) groups is 1. The van der Waals surface area contributed by atoms with Gasteiger partial charge < -0.3 is 10.8 Å². The van der Waals surface area contributed by atoms with E-state index in [0.717, 1.165) is 12.8 Å². The van der Waals surface area contributed by atoms with Crippen LogP contribution in [0.1, 0.15) is 63.9 Å². The standard InChI is InChI=1S/C10H20O2.C7H9N/c1-2-3-4-5-6-7-8-9-10(11)12;8-6-7-4-2-1-3-5-7/h2-9H2,1H3,(H,11,12);1-5H,6,8H2. The van der Waals surface area contributed by atoms with Crippen molar-refractivity contribution in [2.24, 2.45) is 5.73 Å². The first-order chi connectivity index (χ1) is 9.70. The minimum atomic E-state index is -0.663. The van der Waals surface area contributed by atoms with Crippen LogP contribution in [0.5, 0.6) is 0 Å². The zero-order chi connectivity index (χ0) is 15.1. The van der Waals surface area contributed by atoms with Crippen molar-refractivity contribution in [1.29, 1.82) is 0 Å². The highest BCUT2D eigenvalue weighted by atomic mass is 16.4. The highest BCUT2D eigenvalue weighted by Crippen LogP contribution is 2.07. The molecule has 0 aliphatic carbocycles. The summed E-state index contributed by atoms with van der Waals surface area (Å²) in [6.07, 6.45) is 8.64. The summed E-state index contributed by atoms with van der Waals surface area (Å²) in [6.45, 7) is 2.84. The third kappa shape index (κ3) is 13.1. The van der Waals surface area contributed by atoms with Crippen LogP contribution in [0.25, 0.3) is 0 Å². The molecule has 0 radical (unpaired) electrons. The molecule has 0 heterocycles. The summed E-state index contributed by atoms with van der Waals surface area (Å²) in [4.78, 5) is 10.1. The Morgan fingerprint density at radius 2 is 1.55 bits per heavy atom. The van der Waals surface area contributed by atoms with E-state index in [1.54, 1.807) is 0 Å². The van der Waals surface area contributed by atoms with Crippen LogP contribution in [-0.2, 0) is 11.3 Å². The maximum atomic E-state index is 10.1. The molecule has 0 spiro atoms. The molecule has 20 heavy (non-hydrogen) atoms. The molecule has 0 aliphatic heterocycles. The van der Waals surface area contributed by atoms with Crippen molar-refractivity contribution < 1.29 is 9.90 Å². The van der Waals surface area contributed by atoms with Crippen LogP contribution in [-0.4, -0.2) is 11.1 Å². The lowest BCUT2D eigenvalue weighted by Crippen LogP contribution is -1.94. The van der Waals surface area contributed by atoms with E-state index in [1.165, 1.54) is 37.7 Å². The van der Waals surface area contributed by atoms with Gasteiger partial charge in [-0.15, -0.1) is 0 Å². The normalized spacial score (nSPS) is 9.70. The summed E-state index contributed by atoms with van der Waals surface area (Å²) in [5, 5.41) is 8.35. The van der Waals surface area contributed by atoms with Gasteiger partial charge in [-0.05, 0) is 12.0 Å². The van der Waals surface area contributed by atoms with E-state index in [4.69, 9.17) is 10.8 Å². The quantitative estimate of drug-likeness (QED) is 0.660. The van der Waals surface area contributed by atoms with Gasteiger partial charge in [0.05, 0.1) is 0 Å². The van der Waals surface area contributed by atoms with E-state index >= 15 is 0 Å². The highest BCUT2D eigenvalue weighted by molar-refractivity contribution is 5.66. The van der Waals surface area contributed by atoms with Crippen molar-refractivity contribution in [1.82, 2.24) is 0 Å². The third-order valence-corrected chi connectivity index (χ3v) is 3.07. The van der Waals surface area contributed by atoms with Gasteiger partial charge in [-0.2, -0.15) is 0 Å². The van der Waals surface area contributed by atoms with Crippen LogP contribution < -0.4 is 5.73 Å². The van der Waals surface area contributed by atoms with Crippen LogP contribution in [0.3, 0.4) is 0 Å². The lowest BCUT2D eigenvalue weighted by atomic mass is 10.1. The second-order valence-electron chi connectivity index (χ2n) is 4.95. The summed E-state index contributed by atoms with van der Waals surface area (Å²) in [5.41, 5.74) is 6.54. The summed E-state index contributed by atoms with van der Waals surface area (Å²) in [6, 6.07) is 9.99. The number of unbranched alkanes of at least 4 members (excludes halogenated alkanes) is 6. The van der Waals surface area contributed by atoms with E-state index in [2.05, 4.69) is 6.92 Å². The molecule has 1 aromatic carbocycles. The Morgan fingerprint density at radius 3 is 2.00 bits per heavy atom. The SMILES string of the molecule is CCCCCCCCCC(=O)O.NCc1ccccc1. The van der Waals surface area contributed by atoms with Crippen LogP contribution >= 0.6 is 0 Å². The van der Waals surface area contributed by atoms with Gasteiger partial charge in [0.15, 0.2) is 0 Å². The fourth-order valence-corrected chi connectivity index (χ4v) is 1.85. The summed E-state index contributed by atoms with van der Waals surface area (Å²) in [7, 11) is 0. The van der Waals surface area contributed by atoms with Crippen LogP contribution in [0.4, 0.5) is 0 Å². The second-order valence-corrected chi connectivity index (χ2v) is 4.95. The molecule has 0 aliphatic rings.